The Morgan fingerprint density at radius 3 is 3.00 bits per heavy atom. The number of aromatic nitrogens is 2. The van der Waals surface area contributed by atoms with Gasteiger partial charge in [0, 0.05) is 26.0 Å². The average Bonchev–Trinajstić information content (AvgIpc) is 2.23. The van der Waals surface area contributed by atoms with Crippen LogP contribution < -0.4 is 5.32 Å². The second-order valence-corrected chi connectivity index (χ2v) is 3.38. The molecule has 0 amide bonds. The van der Waals surface area contributed by atoms with Crippen molar-refractivity contribution < 1.29 is 4.74 Å². The molecule has 0 aliphatic heterocycles. The van der Waals surface area contributed by atoms with Gasteiger partial charge in [0.2, 0.25) is 0 Å². The van der Waals surface area contributed by atoms with E-state index in [0.717, 1.165) is 44.2 Å². The molecule has 1 aromatic rings. The minimum absolute atomic E-state index is 0.794. The van der Waals surface area contributed by atoms with Gasteiger partial charge in [-0.05, 0) is 25.8 Å². The normalized spacial score (nSPS) is 10.3. The Labute approximate surface area is 91.1 Å². The van der Waals surface area contributed by atoms with Crippen molar-refractivity contribution >= 4 is 5.82 Å². The average molecular weight is 209 g/mol. The fourth-order valence-electron chi connectivity index (χ4n) is 1.19. The molecule has 0 spiro atoms. The van der Waals surface area contributed by atoms with Gasteiger partial charge in [0.15, 0.2) is 0 Å². The molecule has 1 aromatic heterocycles. The van der Waals surface area contributed by atoms with Crippen LogP contribution in [0.1, 0.15) is 25.6 Å². The Morgan fingerprint density at radius 1 is 1.40 bits per heavy atom. The lowest BCUT2D eigenvalue weighted by Gasteiger charge is -2.05. The van der Waals surface area contributed by atoms with E-state index >= 15 is 0 Å². The predicted octanol–water partition coefficient (Wildman–Crippen LogP) is 2.01. The van der Waals surface area contributed by atoms with E-state index in [0.29, 0.717) is 0 Å². The van der Waals surface area contributed by atoms with Gasteiger partial charge in [-0.3, -0.25) is 0 Å². The Bertz CT molecular complexity index is 278. The van der Waals surface area contributed by atoms with Crippen LogP contribution in [0.2, 0.25) is 0 Å². The molecule has 84 valence electrons. The van der Waals surface area contributed by atoms with E-state index < -0.39 is 0 Å². The molecule has 0 atom stereocenters. The van der Waals surface area contributed by atoms with E-state index in [2.05, 4.69) is 22.2 Å². The summed E-state index contributed by atoms with van der Waals surface area (Å²) in [6.07, 6.45) is 3.85. The van der Waals surface area contributed by atoms with Crippen molar-refractivity contribution in [1.29, 1.82) is 0 Å². The summed E-state index contributed by atoms with van der Waals surface area (Å²) in [6, 6.07) is 1.87. The van der Waals surface area contributed by atoms with Gasteiger partial charge in [0.05, 0.1) is 0 Å². The van der Waals surface area contributed by atoms with E-state index in [1.165, 1.54) is 0 Å². The first-order chi connectivity index (χ1) is 7.33. The van der Waals surface area contributed by atoms with Crippen molar-refractivity contribution in [3.8, 4) is 0 Å². The molecule has 0 bridgehead atoms. The number of anilines is 1. The molecule has 0 aromatic carbocycles. The highest BCUT2D eigenvalue weighted by Gasteiger charge is 1.94. The lowest BCUT2D eigenvalue weighted by Crippen LogP contribution is -2.07. The van der Waals surface area contributed by atoms with Crippen molar-refractivity contribution in [2.75, 3.05) is 25.1 Å². The van der Waals surface area contributed by atoms with Crippen LogP contribution in [0.15, 0.2) is 12.3 Å². The summed E-state index contributed by atoms with van der Waals surface area (Å²) >= 11 is 0. The molecule has 0 aliphatic rings. The Kier molecular flexibility index (Phi) is 5.70. The van der Waals surface area contributed by atoms with Crippen LogP contribution in [0.3, 0.4) is 0 Å². The molecule has 0 aliphatic carbocycles. The summed E-state index contributed by atoms with van der Waals surface area (Å²) in [4.78, 5) is 8.28. The van der Waals surface area contributed by atoms with Gasteiger partial charge in [-0.1, -0.05) is 6.92 Å². The smallest absolute Gasteiger partial charge is 0.129 e. The zero-order chi connectivity index (χ0) is 10.9. The largest absolute Gasteiger partial charge is 0.381 e. The third-order valence-corrected chi connectivity index (χ3v) is 1.90. The number of nitrogens with one attached hydrogen (secondary N) is 1. The van der Waals surface area contributed by atoms with Gasteiger partial charge >= 0.3 is 0 Å². The molecule has 0 saturated heterocycles. The number of ether oxygens (including phenoxy) is 1. The van der Waals surface area contributed by atoms with Crippen LogP contribution in [0.25, 0.3) is 0 Å². The van der Waals surface area contributed by atoms with Crippen molar-refractivity contribution in [3.05, 3.63) is 18.1 Å². The van der Waals surface area contributed by atoms with Crippen LogP contribution in [-0.2, 0) is 4.74 Å². The molecule has 0 unspecified atom stereocenters. The Balaban J connectivity index is 2.10. The van der Waals surface area contributed by atoms with Crippen LogP contribution in [0, 0.1) is 6.92 Å². The molecule has 4 heteroatoms. The quantitative estimate of drug-likeness (QED) is 0.698. The molecule has 0 radical (unpaired) electrons. The molecule has 15 heavy (non-hydrogen) atoms. The van der Waals surface area contributed by atoms with E-state index in [4.69, 9.17) is 4.74 Å². The maximum Gasteiger partial charge on any atom is 0.129 e. The third kappa shape index (κ3) is 5.32. The summed E-state index contributed by atoms with van der Waals surface area (Å²) < 4.78 is 5.37. The van der Waals surface area contributed by atoms with E-state index in [1.807, 2.05) is 13.0 Å². The van der Waals surface area contributed by atoms with Crippen LogP contribution >= 0.6 is 0 Å². The first kappa shape index (κ1) is 11.9. The van der Waals surface area contributed by atoms with Gasteiger partial charge < -0.3 is 10.1 Å². The van der Waals surface area contributed by atoms with Gasteiger partial charge in [0.25, 0.3) is 0 Å². The van der Waals surface area contributed by atoms with Crippen LogP contribution in [0.5, 0.6) is 0 Å². The van der Waals surface area contributed by atoms with Gasteiger partial charge in [-0.15, -0.1) is 0 Å². The SMILES string of the molecule is CCCOCCCNc1ccnc(C)n1. The molecule has 0 saturated carbocycles. The number of hydrogen-bond acceptors (Lipinski definition) is 4. The molecular weight excluding hydrogens is 190 g/mol. The molecule has 0 fully saturated rings. The molecule has 1 rings (SSSR count). The van der Waals surface area contributed by atoms with Crippen LogP contribution in [0.4, 0.5) is 5.82 Å². The maximum atomic E-state index is 5.37. The molecule has 1 N–H and O–H groups in total. The van der Waals surface area contributed by atoms with E-state index in [9.17, 15) is 0 Å². The first-order valence-electron chi connectivity index (χ1n) is 5.44. The highest BCUT2D eigenvalue weighted by Crippen LogP contribution is 2.00. The highest BCUT2D eigenvalue weighted by atomic mass is 16.5. The zero-order valence-electron chi connectivity index (χ0n) is 9.49. The number of hydrogen-bond donors (Lipinski definition) is 1. The van der Waals surface area contributed by atoms with Gasteiger partial charge in [-0.2, -0.15) is 0 Å². The monoisotopic (exact) mass is 209 g/mol. The fraction of sp³-hybridized carbons (Fsp3) is 0.636. The van der Waals surface area contributed by atoms with Gasteiger partial charge in [0.1, 0.15) is 11.6 Å². The second kappa shape index (κ2) is 7.17. The van der Waals surface area contributed by atoms with E-state index in [-0.39, 0.29) is 0 Å². The number of aryl methyl sites for hydroxylation is 1. The summed E-state index contributed by atoms with van der Waals surface area (Å²) in [5.74, 6) is 1.68. The molecule has 4 nitrogen and oxygen atoms in total. The highest BCUT2D eigenvalue weighted by molar-refractivity contribution is 5.32. The standard InChI is InChI=1S/C11H19N3O/c1-3-8-15-9-4-6-13-11-5-7-12-10(2)14-11/h5,7H,3-4,6,8-9H2,1-2H3,(H,12,13,14). The van der Waals surface area contributed by atoms with E-state index in [1.54, 1.807) is 6.20 Å². The fourth-order valence-corrected chi connectivity index (χ4v) is 1.19. The predicted molar refractivity (Wildman–Crippen MR) is 61.0 cm³/mol. The van der Waals surface area contributed by atoms with Crippen molar-refractivity contribution in [2.45, 2.75) is 26.7 Å². The second-order valence-electron chi connectivity index (χ2n) is 3.38. The Hall–Kier alpha value is -1.16. The van der Waals surface area contributed by atoms with Gasteiger partial charge in [-0.25, -0.2) is 9.97 Å². The van der Waals surface area contributed by atoms with Crippen molar-refractivity contribution in [2.24, 2.45) is 0 Å². The summed E-state index contributed by atoms with van der Waals surface area (Å²) in [7, 11) is 0. The van der Waals surface area contributed by atoms with Crippen molar-refractivity contribution in [3.63, 3.8) is 0 Å². The number of nitrogens with zero attached hydrogens (tertiary/aromatic N) is 2. The molecule has 1 heterocycles. The maximum absolute atomic E-state index is 5.37. The summed E-state index contributed by atoms with van der Waals surface area (Å²) in [5, 5.41) is 3.23. The van der Waals surface area contributed by atoms with Crippen molar-refractivity contribution in [1.82, 2.24) is 9.97 Å². The first-order valence-corrected chi connectivity index (χ1v) is 5.44. The minimum Gasteiger partial charge on any atom is -0.381 e. The molecular formula is C11H19N3O. The van der Waals surface area contributed by atoms with Crippen LogP contribution in [-0.4, -0.2) is 29.7 Å². The summed E-state index contributed by atoms with van der Waals surface area (Å²) in [5.41, 5.74) is 0. The Morgan fingerprint density at radius 2 is 2.27 bits per heavy atom. The number of rotatable bonds is 7. The third-order valence-electron chi connectivity index (χ3n) is 1.90. The zero-order valence-corrected chi connectivity index (χ0v) is 9.49. The summed E-state index contributed by atoms with van der Waals surface area (Å²) in [6.45, 7) is 6.55. The lowest BCUT2D eigenvalue weighted by atomic mass is 10.4. The minimum atomic E-state index is 0.794. The topological polar surface area (TPSA) is 47.0 Å². The lowest BCUT2D eigenvalue weighted by molar-refractivity contribution is 0.134.